The molecular weight excluding hydrogens is 319 g/mol. The fraction of sp³-hybridized carbons (Fsp3) is 0.375. The molecule has 1 aliphatic heterocycles. The molecule has 0 bridgehead atoms. The van der Waals surface area contributed by atoms with Crippen molar-refractivity contribution in [3.05, 3.63) is 30.1 Å². The summed E-state index contributed by atoms with van der Waals surface area (Å²) in [5, 5.41) is 18.3. The smallest absolute Gasteiger partial charge is 0.368 e. The minimum absolute atomic E-state index is 0.195. The Hall–Kier alpha value is -2.87. The van der Waals surface area contributed by atoms with Crippen LogP contribution in [0.15, 0.2) is 24.5 Å². The molecular formula is C16H12F3N5. The molecule has 2 aromatic rings. The van der Waals surface area contributed by atoms with E-state index >= 15 is 0 Å². The van der Waals surface area contributed by atoms with Gasteiger partial charge in [-0.25, -0.2) is 0 Å². The van der Waals surface area contributed by atoms with Crippen LogP contribution in [0.25, 0.3) is 11.0 Å². The molecule has 0 N–H and O–H groups in total. The first-order chi connectivity index (χ1) is 11.4. The fourth-order valence-corrected chi connectivity index (χ4v) is 3.01. The van der Waals surface area contributed by atoms with Crippen LogP contribution in [-0.2, 0) is 0 Å². The molecule has 1 aromatic carbocycles. The van der Waals surface area contributed by atoms with E-state index in [0.717, 1.165) is 0 Å². The predicted octanol–water partition coefficient (Wildman–Crippen LogP) is 3.03. The number of benzene rings is 1. The van der Waals surface area contributed by atoms with Crippen LogP contribution in [0.4, 0.5) is 18.9 Å². The Morgan fingerprint density at radius 1 is 1.08 bits per heavy atom. The van der Waals surface area contributed by atoms with E-state index in [0.29, 0.717) is 22.3 Å². The Labute approximate surface area is 136 Å². The van der Waals surface area contributed by atoms with Gasteiger partial charge in [0.2, 0.25) is 0 Å². The number of piperidine rings is 1. The van der Waals surface area contributed by atoms with E-state index in [2.05, 4.69) is 9.97 Å². The Balaban J connectivity index is 2.07. The first kappa shape index (κ1) is 16.0. The van der Waals surface area contributed by atoms with Gasteiger partial charge in [-0.05, 0) is 18.6 Å². The summed E-state index contributed by atoms with van der Waals surface area (Å²) in [6, 6.07) is 7.04. The maximum atomic E-state index is 13.2. The summed E-state index contributed by atoms with van der Waals surface area (Å²) in [5.74, 6) is -2.29. The maximum absolute atomic E-state index is 13.2. The molecule has 1 saturated heterocycles. The Morgan fingerprint density at radius 2 is 1.79 bits per heavy atom. The van der Waals surface area contributed by atoms with Gasteiger partial charge in [-0.2, -0.15) is 23.7 Å². The van der Waals surface area contributed by atoms with Crippen molar-refractivity contribution in [2.24, 2.45) is 11.8 Å². The molecule has 0 aliphatic carbocycles. The summed E-state index contributed by atoms with van der Waals surface area (Å²) in [5.41, 5.74) is 1.49. The number of rotatable bonds is 1. The van der Waals surface area contributed by atoms with Crippen LogP contribution < -0.4 is 4.90 Å². The molecule has 0 radical (unpaired) electrons. The monoisotopic (exact) mass is 331 g/mol. The van der Waals surface area contributed by atoms with E-state index in [1.54, 1.807) is 6.07 Å². The van der Waals surface area contributed by atoms with Crippen molar-refractivity contribution in [3.8, 4) is 12.1 Å². The lowest BCUT2D eigenvalue weighted by atomic mass is 9.89. The van der Waals surface area contributed by atoms with Crippen molar-refractivity contribution < 1.29 is 13.2 Å². The summed E-state index contributed by atoms with van der Waals surface area (Å²) >= 11 is 0. The number of alkyl halides is 3. The zero-order valence-electron chi connectivity index (χ0n) is 12.5. The molecule has 5 nitrogen and oxygen atoms in total. The largest absolute Gasteiger partial charge is 0.393 e. The number of nitriles is 2. The van der Waals surface area contributed by atoms with Crippen LogP contribution in [-0.4, -0.2) is 29.2 Å². The zero-order valence-corrected chi connectivity index (χ0v) is 12.5. The van der Waals surface area contributed by atoms with Gasteiger partial charge < -0.3 is 4.90 Å². The van der Waals surface area contributed by atoms with Crippen LogP contribution >= 0.6 is 0 Å². The van der Waals surface area contributed by atoms with Gasteiger partial charge in [0.1, 0.15) is 17.1 Å². The Kier molecular flexibility index (Phi) is 3.98. The molecule has 0 saturated carbocycles. The van der Waals surface area contributed by atoms with E-state index < -0.39 is 18.0 Å². The molecule has 0 unspecified atom stereocenters. The Morgan fingerprint density at radius 3 is 2.42 bits per heavy atom. The average molecular weight is 331 g/mol. The highest BCUT2D eigenvalue weighted by Crippen LogP contribution is 2.38. The van der Waals surface area contributed by atoms with Gasteiger partial charge in [0.05, 0.1) is 29.2 Å². The van der Waals surface area contributed by atoms with Gasteiger partial charge in [0.25, 0.3) is 0 Å². The van der Waals surface area contributed by atoms with Crippen molar-refractivity contribution in [1.29, 1.82) is 10.5 Å². The highest BCUT2D eigenvalue weighted by atomic mass is 19.4. The third-order valence-corrected chi connectivity index (χ3v) is 4.16. The van der Waals surface area contributed by atoms with Crippen molar-refractivity contribution in [2.75, 3.05) is 18.0 Å². The minimum Gasteiger partial charge on any atom is -0.368 e. The molecule has 2 atom stereocenters. The highest BCUT2D eigenvalue weighted by molar-refractivity contribution is 5.92. The van der Waals surface area contributed by atoms with Gasteiger partial charge in [0.15, 0.2) is 0 Å². The van der Waals surface area contributed by atoms with Gasteiger partial charge in [0, 0.05) is 25.5 Å². The predicted molar refractivity (Wildman–Crippen MR) is 79.7 cm³/mol. The number of aromatic nitrogens is 2. The molecule has 0 spiro atoms. The lowest BCUT2D eigenvalue weighted by Gasteiger charge is -2.37. The van der Waals surface area contributed by atoms with Crippen molar-refractivity contribution >= 4 is 16.7 Å². The third kappa shape index (κ3) is 2.83. The lowest BCUT2D eigenvalue weighted by molar-refractivity contribution is -0.177. The average Bonchev–Trinajstić information content (AvgIpc) is 2.59. The van der Waals surface area contributed by atoms with E-state index in [1.807, 2.05) is 12.1 Å². The molecule has 2 heterocycles. The number of anilines is 1. The second-order valence-corrected chi connectivity index (χ2v) is 5.70. The molecule has 1 aliphatic rings. The number of fused-ring (bicyclic) bond motifs is 1. The van der Waals surface area contributed by atoms with Gasteiger partial charge in [-0.15, -0.1) is 0 Å². The summed E-state index contributed by atoms with van der Waals surface area (Å²) in [6.07, 6.45) is -1.70. The van der Waals surface area contributed by atoms with Crippen LogP contribution in [0.2, 0.25) is 0 Å². The van der Waals surface area contributed by atoms with E-state index in [4.69, 9.17) is 10.5 Å². The molecule has 122 valence electrons. The molecule has 3 rings (SSSR count). The van der Waals surface area contributed by atoms with E-state index in [9.17, 15) is 13.2 Å². The van der Waals surface area contributed by atoms with Gasteiger partial charge in [-0.3, -0.25) is 9.97 Å². The summed E-state index contributed by atoms with van der Waals surface area (Å²) in [7, 11) is 0. The summed E-state index contributed by atoms with van der Waals surface area (Å²) < 4.78 is 39.5. The first-order valence-corrected chi connectivity index (χ1v) is 7.29. The maximum Gasteiger partial charge on any atom is 0.393 e. The fourth-order valence-electron chi connectivity index (χ4n) is 3.01. The van der Waals surface area contributed by atoms with Crippen molar-refractivity contribution in [2.45, 2.75) is 12.6 Å². The lowest BCUT2D eigenvalue weighted by Crippen LogP contribution is -2.45. The summed E-state index contributed by atoms with van der Waals surface area (Å²) in [4.78, 5) is 9.82. The number of nitrogens with zero attached hydrogens (tertiary/aromatic N) is 5. The number of hydrogen-bond acceptors (Lipinski definition) is 5. The highest BCUT2D eigenvalue weighted by Gasteiger charge is 2.45. The second kappa shape index (κ2) is 5.97. The summed E-state index contributed by atoms with van der Waals surface area (Å²) in [6.45, 7) is -0.0418. The number of halogens is 3. The molecule has 0 amide bonds. The van der Waals surface area contributed by atoms with Crippen molar-refractivity contribution in [1.82, 2.24) is 9.97 Å². The van der Waals surface area contributed by atoms with Crippen LogP contribution in [0.1, 0.15) is 12.0 Å². The molecule has 24 heavy (non-hydrogen) atoms. The van der Waals surface area contributed by atoms with Crippen LogP contribution in [0.3, 0.4) is 0 Å². The molecule has 8 heteroatoms. The van der Waals surface area contributed by atoms with Gasteiger partial charge in [-0.1, -0.05) is 0 Å². The standard InChI is InChI=1S/C16H12F3N5/c17-16(18,19)12-5-10(6-20)8-24(9-12)13-2-1-11(7-21)14-15(13)23-4-3-22-14/h1-4,10,12H,5,8-9H2/t10-,12-/m0/s1. The van der Waals surface area contributed by atoms with Crippen LogP contribution in [0, 0.1) is 34.5 Å². The SMILES string of the molecule is N#Cc1ccc(N2C[C@H](C#N)C[C@H](C(F)(F)F)C2)c2nccnc12. The quantitative estimate of drug-likeness (QED) is 0.803. The topological polar surface area (TPSA) is 76.6 Å². The van der Waals surface area contributed by atoms with Crippen molar-refractivity contribution in [3.63, 3.8) is 0 Å². The minimum atomic E-state index is -4.36. The van der Waals surface area contributed by atoms with E-state index in [1.165, 1.54) is 23.4 Å². The molecule has 1 aromatic heterocycles. The normalized spacial score (nSPS) is 21.3. The zero-order chi connectivity index (χ0) is 17.3. The third-order valence-electron chi connectivity index (χ3n) is 4.16. The Bertz CT molecular complexity index is 849. The van der Waals surface area contributed by atoms with Gasteiger partial charge >= 0.3 is 6.18 Å². The number of hydrogen-bond donors (Lipinski definition) is 0. The van der Waals surface area contributed by atoms with Crippen LogP contribution in [0.5, 0.6) is 0 Å². The van der Waals surface area contributed by atoms with E-state index in [-0.39, 0.29) is 19.5 Å². The second-order valence-electron chi connectivity index (χ2n) is 5.70. The molecule has 1 fully saturated rings. The first-order valence-electron chi connectivity index (χ1n) is 7.29.